The molecule has 0 fully saturated rings. The molecule has 2 N–H and O–H groups in total. The Balaban J connectivity index is 1.12. The van der Waals surface area contributed by atoms with E-state index in [4.69, 9.17) is 10.7 Å². The summed E-state index contributed by atoms with van der Waals surface area (Å²) in [7, 11) is 0. The number of allylic oxidation sites excluding steroid dienone is 1. The van der Waals surface area contributed by atoms with Crippen LogP contribution in [0.2, 0.25) is 0 Å². The SMILES string of the molecule is NC(=CC(=NCc1cccc(-n2c3ccccc3c3cc(-c4cccc5c4sc4ccccc45)ccc32)c1)c1ccccc1)c1ccccc1. The monoisotopic (exact) mass is 659 g/mol. The standard InChI is InChI=1S/C46H33N3S/c47-41(32-14-3-1-4-15-32)29-42(33-16-5-2-6-17-33)48-30-31-13-11-18-35(27-31)49-43-23-9-7-19-37(43)40-28-34(25-26-44(40)49)36-21-12-22-39-38-20-8-10-24-45(38)50-46(36)39/h1-29H,30,47H2. The van der Waals surface area contributed by atoms with Gasteiger partial charge < -0.3 is 10.3 Å². The van der Waals surface area contributed by atoms with E-state index in [9.17, 15) is 0 Å². The van der Waals surface area contributed by atoms with Gasteiger partial charge in [0.1, 0.15) is 0 Å². The Hall–Kier alpha value is -6.23. The molecule has 0 atom stereocenters. The number of benzene rings is 7. The summed E-state index contributed by atoms with van der Waals surface area (Å²) in [5.41, 5.74) is 17.2. The van der Waals surface area contributed by atoms with Crippen molar-refractivity contribution in [1.29, 1.82) is 0 Å². The van der Waals surface area contributed by atoms with Gasteiger partial charge in [-0.1, -0.05) is 133 Å². The molecule has 0 aliphatic rings. The van der Waals surface area contributed by atoms with Crippen LogP contribution in [0.4, 0.5) is 0 Å². The third kappa shape index (κ3) is 5.36. The summed E-state index contributed by atoms with van der Waals surface area (Å²) in [4.78, 5) is 5.11. The summed E-state index contributed by atoms with van der Waals surface area (Å²) in [6.07, 6.45) is 1.98. The molecule has 0 aliphatic carbocycles. The average molecular weight is 660 g/mol. The topological polar surface area (TPSA) is 43.3 Å². The highest BCUT2D eigenvalue weighted by atomic mass is 32.1. The van der Waals surface area contributed by atoms with Crippen molar-refractivity contribution in [3.63, 3.8) is 0 Å². The van der Waals surface area contributed by atoms with Crippen molar-refractivity contribution in [3.05, 3.63) is 193 Å². The Bertz CT molecular complexity index is 2730. The maximum Gasteiger partial charge on any atom is 0.0671 e. The third-order valence-electron chi connectivity index (χ3n) is 9.46. The Morgan fingerprint density at radius 1 is 0.580 bits per heavy atom. The minimum atomic E-state index is 0.525. The van der Waals surface area contributed by atoms with Gasteiger partial charge >= 0.3 is 0 Å². The molecule has 2 heterocycles. The van der Waals surface area contributed by atoms with Crippen LogP contribution in [0.25, 0.3) is 64.5 Å². The van der Waals surface area contributed by atoms with Gasteiger partial charge in [-0.15, -0.1) is 11.3 Å². The highest BCUT2D eigenvalue weighted by Gasteiger charge is 2.16. The Kier molecular flexibility index (Phi) is 7.57. The molecule has 0 bridgehead atoms. The predicted molar refractivity (Wildman–Crippen MR) is 214 cm³/mol. The average Bonchev–Trinajstić information content (AvgIpc) is 3.73. The molecule has 4 heteroatoms. The summed E-state index contributed by atoms with van der Waals surface area (Å²) < 4.78 is 5.04. The Morgan fingerprint density at radius 3 is 2.10 bits per heavy atom. The Morgan fingerprint density at radius 2 is 1.26 bits per heavy atom. The minimum Gasteiger partial charge on any atom is -0.398 e. The molecule has 0 spiro atoms. The lowest BCUT2D eigenvalue weighted by atomic mass is 10.0. The van der Waals surface area contributed by atoms with E-state index in [1.165, 1.54) is 53.1 Å². The van der Waals surface area contributed by atoms with Gasteiger partial charge in [-0.05, 0) is 70.3 Å². The lowest BCUT2D eigenvalue weighted by Crippen LogP contribution is -2.04. The van der Waals surface area contributed by atoms with Crippen LogP contribution in [0.15, 0.2) is 181 Å². The van der Waals surface area contributed by atoms with E-state index in [0.717, 1.165) is 28.1 Å². The Labute approximate surface area is 294 Å². The molecule has 0 aliphatic heterocycles. The summed E-state index contributed by atoms with van der Waals surface area (Å²) in [5.74, 6) is 0. The molecule has 2 aromatic heterocycles. The van der Waals surface area contributed by atoms with Gasteiger partial charge in [0.05, 0.1) is 23.3 Å². The van der Waals surface area contributed by atoms with Crippen molar-refractivity contribution in [1.82, 2.24) is 4.57 Å². The zero-order valence-electron chi connectivity index (χ0n) is 27.3. The van der Waals surface area contributed by atoms with Gasteiger partial charge in [0.15, 0.2) is 0 Å². The van der Waals surface area contributed by atoms with E-state index < -0.39 is 0 Å². The van der Waals surface area contributed by atoms with Crippen molar-refractivity contribution in [3.8, 4) is 16.8 Å². The minimum absolute atomic E-state index is 0.525. The molecular formula is C46H33N3S. The van der Waals surface area contributed by atoms with Crippen LogP contribution >= 0.6 is 11.3 Å². The van der Waals surface area contributed by atoms with E-state index in [2.05, 4.69) is 126 Å². The van der Waals surface area contributed by atoms with E-state index in [-0.39, 0.29) is 0 Å². The largest absolute Gasteiger partial charge is 0.398 e. The summed E-state index contributed by atoms with van der Waals surface area (Å²) >= 11 is 1.88. The normalized spacial score (nSPS) is 12.4. The van der Waals surface area contributed by atoms with E-state index >= 15 is 0 Å². The number of para-hydroxylation sites is 1. The second-order valence-electron chi connectivity index (χ2n) is 12.6. The first kappa shape index (κ1) is 29.9. The first-order valence-corrected chi connectivity index (χ1v) is 17.7. The molecule has 3 nitrogen and oxygen atoms in total. The molecule has 0 radical (unpaired) electrons. The molecule has 238 valence electrons. The fourth-order valence-electron chi connectivity index (χ4n) is 7.05. The van der Waals surface area contributed by atoms with Gasteiger partial charge in [0, 0.05) is 42.3 Å². The van der Waals surface area contributed by atoms with E-state index in [1.807, 2.05) is 65.9 Å². The van der Waals surface area contributed by atoms with Gasteiger partial charge in [-0.25, -0.2) is 0 Å². The first-order chi connectivity index (χ1) is 24.7. The number of nitrogens with zero attached hydrogens (tertiary/aromatic N) is 2. The van der Waals surface area contributed by atoms with Crippen molar-refractivity contribution in [2.24, 2.45) is 10.7 Å². The molecule has 7 aromatic carbocycles. The first-order valence-electron chi connectivity index (χ1n) is 16.9. The lowest BCUT2D eigenvalue weighted by Gasteiger charge is -2.11. The zero-order valence-corrected chi connectivity index (χ0v) is 28.1. The number of hydrogen-bond acceptors (Lipinski definition) is 3. The number of fused-ring (bicyclic) bond motifs is 6. The van der Waals surface area contributed by atoms with Crippen molar-refractivity contribution < 1.29 is 0 Å². The summed E-state index contributed by atoms with van der Waals surface area (Å²) in [6.45, 7) is 0.525. The molecular weight excluding hydrogens is 627 g/mol. The zero-order chi connectivity index (χ0) is 33.4. The summed E-state index contributed by atoms with van der Waals surface area (Å²) in [6, 6.07) is 60.1. The summed E-state index contributed by atoms with van der Waals surface area (Å²) in [5, 5.41) is 5.12. The number of thiophene rings is 1. The van der Waals surface area contributed by atoms with E-state index in [0.29, 0.717) is 12.2 Å². The maximum atomic E-state index is 6.57. The van der Waals surface area contributed by atoms with Crippen LogP contribution < -0.4 is 5.73 Å². The van der Waals surface area contributed by atoms with Crippen molar-refractivity contribution in [2.45, 2.75) is 6.54 Å². The van der Waals surface area contributed by atoms with Crippen LogP contribution in [0.3, 0.4) is 0 Å². The van der Waals surface area contributed by atoms with Gasteiger partial charge in [0.2, 0.25) is 0 Å². The maximum absolute atomic E-state index is 6.57. The number of aromatic nitrogens is 1. The predicted octanol–water partition coefficient (Wildman–Crippen LogP) is 11.8. The van der Waals surface area contributed by atoms with Gasteiger partial charge in [0.25, 0.3) is 0 Å². The molecule has 0 saturated heterocycles. The smallest absolute Gasteiger partial charge is 0.0671 e. The second kappa shape index (κ2) is 12.7. The highest BCUT2D eigenvalue weighted by Crippen LogP contribution is 2.41. The fraction of sp³-hybridized carbons (Fsp3) is 0.0217. The van der Waals surface area contributed by atoms with Crippen LogP contribution in [-0.2, 0) is 6.54 Å². The van der Waals surface area contributed by atoms with Crippen LogP contribution in [-0.4, -0.2) is 10.3 Å². The van der Waals surface area contributed by atoms with Crippen LogP contribution in [0, 0.1) is 0 Å². The quantitative estimate of drug-likeness (QED) is 0.170. The van der Waals surface area contributed by atoms with Crippen LogP contribution in [0.5, 0.6) is 0 Å². The van der Waals surface area contributed by atoms with Gasteiger partial charge in [-0.2, -0.15) is 0 Å². The fourth-order valence-corrected chi connectivity index (χ4v) is 8.29. The molecule has 0 amide bonds. The molecule has 9 rings (SSSR count). The molecule has 0 saturated carbocycles. The molecule has 0 unspecified atom stereocenters. The lowest BCUT2D eigenvalue weighted by molar-refractivity contribution is 1.06. The molecule has 50 heavy (non-hydrogen) atoms. The molecule has 9 aromatic rings. The van der Waals surface area contributed by atoms with Crippen molar-refractivity contribution in [2.75, 3.05) is 0 Å². The number of aliphatic imine (C=N–C) groups is 1. The third-order valence-corrected chi connectivity index (χ3v) is 10.7. The van der Waals surface area contributed by atoms with Crippen molar-refractivity contribution >= 4 is 64.7 Å². The highest BCUT2D eigenvalue weighted by molar-refractivity contribution is 7.26. The second-order valence-corrected chi connectivity index (χ2v) is 13.6. The number of rotatable bonds is 7. The van der Waals surface area contributed by atoms with Gasteiger partial charge in [-0.3, -0.25) is 4.99 Å². The van der Waals surface area contributed by atoms with Crippen LogP contribution in [0.1, 0.15) is 16.7 Å². The van der Waals surface area contributed by atoms with E-state index in [1.54, 1.807) is 0 Å². The number of hydrogen-bond donors (Lipinski definition) is 1. The number of nitrogens with two attached hydrogens (primary N) is 1.